The van der Waals surface area contributed by atoms with E-state index in [0.717, 1.165) is 11.3 Å². The molecule has 1 aromatic carbocycles. The second kappa shape index (κ2) is 6.91. The quantitative estimate of drug-likeness (QED) is 0.765. The molecule has 0 saturated heterocycles. The molecule has 1 unspecified atom stereocenters. The van der Waals surface area contributed by atoms with E-state index in [-0.39, 0.29) is 12.0 Å². The van der Waals surface area contributed by atoms with Crippen molar-refractivity contribution in [2.24, 2.45) is 0 Å². The van der Waals surface area contributed by atoms with Crippen LogP contribution in [0.15, 0.2) is 24.3 Å². The minimum atomic E-state index is -0.304. The molecule has 0 heterocycles. The minimum Gasteiger partial charge on any atom is -0.497 e. The number of rotatable bonds is 6. The summed E-state index contributed by atoms with van der Waals surface area (Å²) < 4.78 is 10.0. The van der Waals surface area contributed by atoms with Crippen LogP contribution in [0, 0.1) is 0 Å². The third kappa shape index (κ3) is 4.44. The lowest BCUT2D eigenvalue weighted by atomic mass is 10.2. The van der Waals surface area contributed by atoms with Crippen molar-refractivity contribution in [3.8, 4) is 5.75 Å². The van der Waals surface area contributed by atoms with Crippen molar-refractivity contribution in [1.82, 2.24) is 5.32 Å². The van der Waals surface area contributed by atoms with Gasteiger partial charge in [0.2, 0.25) is 0 Å². The zero-order chi connectivity index (χ0) is 12.7. The maximum absolute atomic E-state index is 11.4. The molecule has 1 rings (SSSR count). The third-order valence-corrected chi connectivity index (χ3v) is 2.39. The van der Waals surface area contributed by atoms with Crippen LogP contribution >= 0.6 is 0 Å². The van der Waals surface area contributed by atoms with Crippen LogP contribution in [-0.2, 0) is 16.1 Å². The Morgan fingerprint density at radius 2 is 2.24 bits per heavy atom. The summed E-state index contributed by atoms with van der Waals surface area (Å²) in [5.41, 5.74) is 1.07. The van der Waals surface area contributed by atoms with Gasteiger partial charge < -0.3 is 14.8 Å². The van der Waals surface area contributed by atoms with Crippen molar-refractivity contribution in [2.45, 2.75) is 26.4 Å². The molecule has 0 aromatic heterocycles. The summed E-state index contributed by atoms with van der Waals surface area (Å²) in [6.45, 7) is 4.60. The highest BCUT2D eigenvalue weighted by Crippen LogP contribution is 2.12. The first-order valence-electron chi connectivity index (χ1n) is 5.70. The molecule has 0 radical (unpaired) electrons. The number of benzene rings is 1. The zero-order valence-corrected chi connectivity index (χ0v) is 10.5. The molecule has 0 fully saturated rings. The van der Waals surface area contributed by atoms with Crippen LogP contribution in [-0.4, -0.2) is 25.7 Å². The zero-order valence-electron chi connectivity index (χ0n) is 10.5. The van der Waals surface area contributed by atoms with Gasteiger partial charge in [-0.1, -0.05) is 12.1 Å². The standard InChI is InChI=1S/C13H19NO3/c1-4-17-13(15)10(2)14-9-11-6-5-7-12(8-11)16-3/h5-8,10,14H,4,9H2,1-3H3. The van der Waals surface area contributed by atoms with E-state index in [9.17, 15) is 4.79 Å². The fourth-order valence-electron chi connectivity index (χ4n) is 1.40. The predicted molar refractivity (Wildman–Crippen MR) is 65.9 cm³/mol. The maximum atomic E-state index is 11.4. The number of hydrogen-bond donors (Lipinski definition) is 1. The molecule has 0 bridgehead atoms. The van der Waals surface area contributed by atoms with Crippen molar-refractivity contribution in [2.75, 3.05) is 13.7 Å². The highest BCUT2D eigenvalue weighted by molar-refractivity contribution is 5.75. The Hall–Kier alpha value is -1.55. The van der Waals surface area contributed by atoms with E-state index in [1.165, 1.54) is 0 Å². The van der Waals surface area contributed by atoms with E-state index in [1.54, 1.807) is 21.0 Å². The van der Waals surface area contributed by atoms with Gasteiger partial charge in [-0.2, -0.15) is 0 Å². The molecule has 0 aliphatic heterocycles. The van der Waals surface area contributed by atoms with Crippen LogP contribution in [0.4, 0.5) is 0 Å². The molecule has 0 aliphatic rings. The van der Waals surface area contributed by atoms with Gasteiger partial charge in [-0.05, 0) is 31.5 Å². The van der Waals surface area contributed by atoms with Crippen LogP contribution < -0.4 is 10.1 Å². The number of carbonyl (C=O) groups is 1. The molecular weight excluding hydrogens is 218 g/mol. The van der Waals surface area contributed by atoms with Gasteiger partial charge in [0.25, 0.3) is 0 Å². The molecule has 0 saturated carbocycles. The second-order valence-corrected chi connectivity index (χ2v) is 3.71. The van der Waals surface area contributed by atoms with Gasteiger partial charge in [-0.15, -0.1) is 0 Å². The van der Waals surface area contributed by atoms with Crippen LogP contribution in [0.2, 0.25) is 0 Å². The average molecular weight is 237 g/mol. The largest absolute Gasteiger partial charge is 0.497 e. The second-order valence-electron chi connectivity index (χ2n) is 3.71. The van der Waals surface area contributed by atoms with E-state index in [0.29, 0.717) is 13.2 Å². The van der Waals surface area contributed by atoms with Crippen molar-refractivity contribution in [1.29, 1.82) is 0 Å². The van der Waals surface area contributed by atoms with E-state index in [4.69, 9.17) is 9.47 Å². The fraction of sp³-hybridized carbons (Fsp3) is 0.462. The number of ether oxygens (including phenoxy) is 2. The first kappa shape index (κ1) is 13.5. The minimum absolute atomic E-state index is 0.226. The molecule has 17 heavy (non-hydrogen) atoms. The number of hydrogen-bond acceptors (Lipinski definition) is 4. The van der Waals surface area contributed by atoms with Gasteiger partial charge in [0.15, 0.2) is 0 Å². The van der Waals surface area contributed by atoms with Crippen LogP contribution in [0.3, 0.4) is 0 Å². The summed E-state index contributed by atoms with van der Waals surface area (Å²) in [7, 11) is 1.63. The molecule has 1 aromatic rings. The summed E-state index contributed by atoms with van der Waals surface area (Å²) in [6, 6.07) is 7.42. The number of methoxy groups -OCH3 is 1. The monoisotopic (exact) mass is 237 g/mol. The molecule has 4 heteroatoms. The topological polar surface area (TPSA) is 47.6 Å². The van der Waals surface area contributed by atoms with E-state index >= 15 is 0 Å². The Kier molecular flexibility index (Phi) is 5.49. The van der Waals surface area contributed by atoms with E-state index in [1.807, 2.05) is 24.3 Å². The maximum Gasteiger partial charge on any atom is 0.322 e. The Bertz CT molecular complexity index is 365. The Morgan fingerprint density at radius 3 is 2.88 bits per heavy atom. The van der Waals surface area contributed by atoms with E-state index in [2.05, 4.69) is 5.32 Å². The average Bonchev–Trinajstić information content (AvgIpc) is 2.36. The van der Waals surface area contributed by atoms with Crippen molar-refractivity contribution >= 4 is 5.97 Å². The molecule has 94 valence electrons. The van der Waals surface area contributed by atoms with Crippen molar-refractivity contribution < 1.29 is 14.3 Å². The predicted octanol–water partition coefficient (Wildman–Crippen LogP) is 1.74. The van der Waals surface area contributed by atoms with Crippen molar-refractivity contribution in [3.63, 3.8) is 0 Å². The lowest BCUT2D eigenvalue weighted by Gasteiger charge is -2.12. The smallest absolute Gasteiger partial charge is 0.322 e. The first-order valence-corrected chi connectivity index (χ1v) is 5.70. The van der Waals surface area contributed by atoms with Gasteiger partial charge in [-0.25, -0.2) is 0 Å². The van der Waals surface area contributed by atoms with Crippen molar-refractivity contribution in [3.05, 3.63) is 29.8 Å². The molecule has 1 atom stereocenters. The summed E-state index contributed by atoms with van der Waals surface area (Å²) >= 11 is 0. The normalized spacial score (nSPS) is 11.9. The van der Waals surface area contributed by atoms with Gasteiger partial charge in [0.05, 0.1) is 13.7 Å². The third-order valence-electron chi connectivity index (χ3n) is 2.39. The first-order chi connectivity index (χ1) is 8.17. The SMILES string of the molecule is CCOC(=O)C(C)NCc1cccc(OC)c1. The lowest BCUT2D eigenvalue weighted by Crippen LogP contribution is -2.34. The van der Waals surface area contributed by atoms with E-state index < -0.39 is 0 Å². The summed E-state index contributed by atoms with van der Waals surface area (Å²) in [5, 5.41) is 3.10. The summed E-state index contributed by atoms with van der Waals surface area (Å²) in [4.78, 5) is 11.4. The fourth-order valence-corrected chi connectivity index (χ4v) is 1.40. The molecule has 0 aliphatic carbocycles. The Morgan fingerprint density at radius 1 is 1.47 bits per heavy atom. The summed E-state index contributed by atoms with van der Waals surface area (Å²) in [6.07, 6.45) is 0. The van der Waals surface area contributed by atoms with Gasteiger partial charge in [0.1, 0.15) is 11.8 Å². The Balaban J connectivity index is 2.46. The number of esters is 1. The lowest BCUT2D eigenvalue weighted by molar-refractivity contribution is -0.145. The highest BCUT2D eigenvalue weighted by Gasteiger charge is 2.12. The van der Waals surface area contributed by atoms with Gasteiger partial charge in [0, 0.05) is 6.54 Å². The van der Waals surface area contributed by atoms with Crippen LogP contribution in [0.5, 0.6) is 5.75 Å². The molecule has 4 nitrogen and oxygen atoms in total. The van der Waals surface area contributed by atoms with Gasteiger partial charge >= 0.3 is 5.97 Å². The number of carbonyl (C=O) groups excluding carboxylic acids is 1. The van der Waals surface area contributed by atoms with Crippen LogP contribution in [0.1, 0.15) is 19.4 Å². The number of nitrogens with one attached hydrogen (secondary N) is 1. The highest BCUT2D eigenvalue weighted by atomic mass is 16.5. The molecular formula is C13H19NO3. The summed E-state index contributed by atoms with van der Waals surface area (Å²) in [5.74, 6) is 0.587. The van der Waals surface area contributed by atoms with Crippen LogP contribution in [0.25, 0.3) is 0 Å². The molecule has 0 amide bonds. The van der Waals surface area contributed by atoms with Gasteiger partial charge in [-0.3, -0.25) is 4.79 Å². The molecule has 0 spiro atoms. The molecule has 1 N–H and O–H groups in total. The Labute approximate surface area is 102 Å².